The number of carbonyl (C=O) groups is 1. The van der Waals surface area contributed by atoms with E-state index < -0.39 is 0 Å². The van der Waals surface area contributed by atoms with E-state index >= 15 is 0 Å². The van der Waals surface area contributed by atoms with E-state index in [1.54, 1.807) is 0 Å². The fraction of sp³-hybridized carbons (Fsp3) is 0.370. The molecule has 0 radical (unpaired) electrons. The number of anilines is 1. The van der Waals surface area contributed by atoms with Crippen LogP contribution in [0.15, 0.2) is 47.5 Å². The summed E-state index contributed by atoms with van der Waals surface area (Å²) < 4.78 is 1.85. The van der Waals surface area contributed by atoms with Gasteiger partial charge in [-0.05, 0) is 62.4 Å². The summed E-state index contributed by atoms with van der Waals surface area (Å²) in [4.78, 5) is 17.8. The molecule has 2 aromatic carbocycles. The van der Waals surface area contributed by atoms with Gasteiger partial charge in [-0.15, -0.1) is 0 Å². The third-order valence-corrected chi connectivity index (χ3v) is 5.93. The van der Waals surface area contributed by atoms with Crippen molar-refractivity contribution in [2.75, 3.05) is 5.32 Å². The molecule has 1 aromatic heterocycles. The minimum Gasteiger partial charge on any atom is -0.326 e. The highest BCUT2D eigenvalue weighted by Gasteiger charge is 2.16. The minimum atomic E-state index is -0.203. The van der Waals surface area contributed by atoms with Gasteiger partial charge < -0.3 is 5.32 Å². The normalized spacial score (nSPS) is 12.1. The number of aryl methyl sites for hydroxylation is 4. The first-order chi connectivity index (χ1) is 15.5. The average Bonchev–Trinajstić information content (AvgIpc) is 2.98. The summed E-state index contributed by atoms with van der Waals surface area (Å²) >= 11 is 0. The Bertz CT molecular complexity index is 1180. The lowest BCUT2D eigenvalue weighted by Crippen LogP contribution is -2.36. The van der Waals surface area contributed by atoms with E-state index in [0.717, 1.165) is 28.2 Å². The second-order valence-corrected chi connectivity index (χ2v) is 9.66. The maximum absolute atomic E-state index is 13.0. The Morgan fingerprint density at radius 3 is 2.24 bits per heavy atom. The van der Waals surface area contributed by atoms with E-state index in [-0.39, 0.29) is 11.3 Å². The average molecular weight is 446 g/mol. The number of carbonyl (C=O) groups excluding carboxylic acids is 1. The van der Waals surface area contributed by atoms with Gasteiger partial charge in [-0.3, -0.25) is 14.8 Å². The molecule has 1 heterocycles. The molecule has 0 atom stereocenters. The van der Waals surface area contributed by atoms with Crippen molar-refractivity contribution in [1.29, 1.82) is 0 Å². The van der Waals surface area contributed by atoms with Gasteiger partial charge in [0.25, 0.3) is 5.91 Å². The Morgan fingerprint density at radius 2 is 1.70 bits per heavy atom. The van der Waals surface area contributed by atoms with Gasteiger partial charge in [0.05, 0.1) is 12.2 Å². The topological polar surface area (TPSA) is 71.3 Å². The zero-order valence-corrected chi connectivity index (χ0v) is 21.0. The molecule has 0 aliphatic heterocycles. The van der Waals surface area contributed by atoms with E-state index in [0.29, 0.717) is 18.1 Å². The first-order valence-electron chi connectivity index (χ1n) is 11.3. The van der Waals surface area contributed by atoms with Crippen LogP contribution in [-0.2, 0) is 19.0 Å². The predicted octanol–water partition coefficient (Wildman–Crippen LogP) is 5.35. The molecule has 0 fully saturated rings. The number of aliphatic imine (C=N–C) groups is 1. The van der Waals surface area contributed by atoms with Crippen molar-refractivity contribution >= 4 is 17.6 Å². The first-order valence-corrected chi connectivity index (χ1v) is 11.3. The molecule has 0 bridgehead atoms. The maximum atomic E-state index is 13.0. The number of nitrogens with zero attached hydrogens (tertiary/aromatic N) is 3. The van der Waals surface area contributed by atoms with E-state index in [1.165, 1.54) is 11.1 Å². The molecule has 174 valence electrons. The lowest BCUT2D eigenvalue weighted by molar-refractivity contribution is 0.0977. The molecule has 1 amide bonds. The third kappa shape index (κ3) is 5.89. The van der Waals surface area contributed by atoms with Crippen LogP contribution < -0.4 is 10.6 Å². The highest BCUT2D eigenvalue weighted by molar-refractivity contribution is 6.10. The molecule has 6 nitrogen and oxygen atoms in total. The zero-order valence-electron chi connectivity index (χ0n) is 21.0. The monoisotopic (exact) mass is 445 g/mol. The zero-order chi connectivity index (χ0) is 24.3. The van der Waals surface area contributed by atoms with Crippen molar-refractivity contribution in [3.05, 3.63) is 81.7 Å². The summed E-state index contributed by atoms with van der Waals surface area (Å²) in [6, 6.07) is 13.9. The highest BCUT2D eigenvalue weighted by Crippen LogP contribution is 2.22. The summed E-state index contributed by atoms with van der Waals surface area (Å²) in [6.07, 6.45) is 0. The second kappa shape index (κ2) is 9.61. The molecular formula is C27H35N5O. The van der Waals surface area contributed by atoms with Gasteiger partial charge in [0, 0.05) is 29.6 Å². The fourth-order valence-corrected chi connectivity index (χ4v) is 3.70. The predicted molar refractivity (Wildman–Crippen MR) is 136 cm³/mol. The summed E-state index contributed by atoms with van der Waals surface area (Å²) in [7, 11) is 1.92. The molecule has 6 heteroatoms. The molecule has 0 spiro atoms. The van der Waals surface area contributed by atoms with Gasteiger partial charge in [0.2, 0.25) is 5.96 Å². The van der Waals surface area contributed by atoms with Crippen LogP contribution in [0.1, 0.15) is 64.8 Å². The van der Waals surface area contributed by atoms with Crippen molar-refractivity contribution in [1.82, 2.24) is 15.1 Å². The number of hydrogen-bond donors (Lipinski definition) is 2. The van der Waals surface area contributed by atoms with Crippen molar-refractivity contribution in [2.24, 2.45) is 12.0 Å². The number of aromatic nitrogens is 2. The SMILES string of the molecule is Cc1ccc(NC(=NCc2c(C)nn(C)c2C)NC(=O)c2ccc(C(C)(C)C)cc2)c(C)c1. The third-order valence-electron chi connectivity index (χ3n) is 5.93. The van der Waals surface area contributed by atoms with Crippen LogP contribution in [0.5, 0.6) is 0 Å². The molecule has 3 rings (SSSR count). The van der Waals surface area contributed by atoms with Crippen LogP contribution >= 0.6 is 0 Å². The Hall–Kier alpha value is -3.41. The second-order valence-electron chi connectivity index (χ2n) is 9.66. The van der Waals surface area contributed by atoms with E-state index in [4.69, 9.17) is 4.99 Å². The highest BCUT2D eigenvalue weighted by atomic mass is 16.1. The maximum Gasteiger partial charge on any atom is 0.257 e. The van der Waals surface area contributed by atoms with Crippen molar-refractivity contribution in [3.8, 4) is 0 Å². The van der Waals surface area contributed by atoms with E-state index in [1.807, 2.05) is 68.9 Å². The van der Waals surface area contributed by atoms with Gasteiger partial charge in [0.1, 0.15) is 0 Å². The summed E-state index contributed by atoms with van der Waals surface area (Å²) in [5.41, 5.74) is 8.03. The number of nitrogens with one attached hydrogen (secondary N) is 2. The van der Waals surface area contributed by atoms with Gasteiger partial charge in [0.15, 0.2) is 0 Å². The van der Waals surface area contributed by atoms with Crippen molar-refractivity contribution < 1.29 is 4.79 Å². The molecule has 0 aliphatic rings. The molecular weight excluding hydrogens is 410 g/mol. The van der Waals surface area contributed by atoms with Gasteiger partial charge >= 0.3 is 0 Å². The molecule has 0 aliphatic carbocycles. The fourth-order valence-electron chi connectivity index (χ4n) is 3.70. The Balaban J connectivity index is 1.88. The van der Waals surface area contributed by atoms with Crippen molar-refractivity contribution in [3.63, 3.8) is 0 Å². The van der Waals surface area contributed by atoms with Crippen LogP contribution in [0.2, 0.25) is 0 Å². The molecule has 3 aromatic rings. The number of amides is 1. The number of rotatable bonds is 4. The lowest BCUT2D eigenvalue weighted by atomic mass is 9.87. The van der Waals surface area contributed by atoms with Crippen LogP contribution in [0.25, 0.3) is 0 Å². The lowest BCUT2D eigenvalue weighted by Gasteiger charge is -2.19. The van der Waals surface area contributed by atoms with Crippen LogP contribution in [0, 0.1) is 27.7 Å². The minimum absolute atomic E-state index is 0.0333. The molecule has 33 heavy (non-hydrogen) atoms. The first kappa shape index (κ1) is 24.2. The molecule has 0 saturated heterocycles. The van der Waals surface area contributed by atoms with Gasteiger partial charge in [-0.2, -0.15) is 5.10 Å². The number of benzene rings is 2. The van der Waals surface area contributed by atoms with Crippen LogP contribution in [0.3, 0.4) is 0 Å². The Labute approximate surface area is 197 Å². The number of hydrogen-bond acceptors (Lipinski definition) is 3. The summed E-state index contributed by atoms with van der Waals surface area (Å²) in [5, 5.41) is 10.8. The molecule has 0 saturated carbocycles. The smallest absolute Gasteiger partial charge is 0.257 e. The van der Waals surface area contributed by atoms with Crippen molar-refractivity contribution in [2.45, 2.75) is 60.4 Å². The number of guanidine groups is 1. The van der Waals surface area contributed by atoms with E-state index in [2.05, 4.69) is 49.5 Å². The Kier molecular flexibility index (Phi) is 7.06. The summed E-state index contributed by atoms with van der Waals surface area (Å²) in [5.74, 6) is 0.209. The van der Waals surface area contributed by atoms with Crippen LogP contribution in [-0.4, -0.2) is 21.6 Å². The standard InChI is InChI=1S/C27H35N5O/c1-17-9-14-24(18(2)15-17)29-26(28-16-23-19(3)31-32(8)20(23)4)30-25(33)21-10-12-22(13-11-21)27(5,6)7/h9-15H,16H2,1-8H3,(H2,28,29,30,33). The molecule has 0 unspecified atom stereocenters. The van der Waals surface area contributed by atoms with Crippen LogP contribution in [0.4, 0.5) is 5.69 Å². The molecule has 2 N–H and O–H groups in total. The van der Waals surface area contributed by atoms with Gasteiger partial charge in [-0.1, -0.05) is 50.6 Å². The largest absolute Gasteiger partial charge is 0.326 e. The van der Waals surface area contributed by atoms with E-state index in [9.17, 15) is 4.79 Å². The summed E-state index contributed by atoms with van der Waals surface area (Å²) in [6.45, 7) is 15.0. The Morgan fingerprint density at radius 1 is 1.03 bits per heavy atom. The quantitative estimate of drug-likeness (QED) is 0.420. The van der Waals surface area contributed by atoms with Gasteiger partial charge in [-0.25, -0.2) is 4.99 Å².